The van der Waals surface area contributed by atoms with Crippen molar-refractivity contribution in [1.82, 2.24) is 4.90 Å². The van der Waals surface area contributed by atoms with Crippen molar-refractivity contribution >= 4 is 11.9 Å². The van der Waals surface area contributed by atoms with Gasteiger partial charge < -0.3 is 9.64 Å². The predicted octanol–water partition coefficient (Wildman–Crippen LogP) is 2.52. The molecule has 0 unspecified atom stereocenters. The third kappa shape index (κ3) is 5.02. The van der Waals surface area contributed by atoms with Gasteiger partial charge in [-0.2, -0.15) is 13.2 Å². The molecule has 7 heteroatoms. The van der Waals surface area contributed by atoms with Crippen molar-refractivity contribution in [2.24, 2.45) is 5.92 Å². The summed E-state index contributed by atoms with van der Waals surface area (Å²) in [4.78, 5) is 23.6. The number of hydrogen-bond acceptors (Lipinski definition) is 3. The van der Waals surface area contributed by atoms with E-state index < -0.39 is 24.0 Å². The van der Waals surface area contributed by atoms with Crippen molar-refractivity contribution in [1.29, 1.82) is 0 Å². The highest BCUT2D eigenvalue weighted by atomic mass is 19.4. The molecule has 1 atom stereocenters. The van der Waals surface area contributed by atoms with Crippen LogP contribution in [0.25, 0.3) is 0 Å². The summed E-state index contributed by atoms with van der Waals surface area (Å²) in [6.45, 7) is 2.14. The van der Waals surface area contributed by atoms with Gasteiger partial charge in [-0.15, -0.1) is 0 Å². The molecule has 1 saturated heterocycles. The predicted molar refractivity (Wildman–Crippen MR) is 65.8 cm³/mol. The van der Waals surface area contributed by atoms with Crippen LogP contribution in [0.1, 0.15) is 39.0 Å². The lowest BCUT2D eigenvalue weighted by Crippen LogP contribution is -2.48. The number of amides is 1. The molecule has 20 heavy (non-hydrogen) atoms. The minimum Gasteiger partial charge on any atom is -0.465 e. The number of carbonyl (C=O) groups is 2. The van der Waals surface area contributed by atoms with Crippen molar-refractivity contribution in [3.8, 4) is 0 Å². The normalized spacial score (nSPS) is 19.8. The first-order valence-electron chi connectivity index (χ1n) is 6.89. The molecule has 0 saturated carbocycles. The first-order chi connectivity index (χ1) is 9.36. The Labute approximate surface area is 116 Å². The molecular formula is C13H20F3NO3. The van der Waals surface area contributed by atoms with Crippen LogP contribution in [0.4, 0.5) is 13.2 Å². The maximum atomic E-state index is 12.3. The van der Waals surface area contributed by atoms with Gasteiger partial charge in [0.1, 0.15) is 0 Å². The number of piperidine rings is 1. The van der Waals surface area contributed by atoms with E-state index in [4.69, 9.17) is 4.74 Å². The summed E-state index contributed by atoms with van der Waals surface area (Å²) in [6, 6.07) is 0. The Hall–Kier alpha value is -1.27. The first kappa shape index (κ1) is 16.8. The zero-order valence-corrected chi connectivity index (χ0v) is 11.5. The maximum absolute atomic E-state index is 12.3. The molecule has 116 valence electrons. The van der Waals surface area contributed by atoms with E-state index in [0.29, 0.717) is 17.7 Å². The number of esters is 1. The number of alkyl halides is 3. The van der Waals surface area contributed by atoms with Crippen LogP contribution in [-0.2, 0) is 14.3 Å². The summed E-state index contributed by atoms with van der Waals surface area (Å²) in [5, 5.41) is 0. The molecule has 4 nitrogen and oxygen atoms in total. The monoisotopic (exact) mass is 295 g/mol. The average Bonchev–Trinajstić information content (AvgIpc) is 2.41. The molecule has 0 aromatic carbocycles. The number of rotatable bonds is 5. The first-order valence-corrected chi connectivity index (χ1v) is 6.89. The van der Waals surface area contributed by atoms with E-state index in [1.54, 1.807) is 0 Å². The largest absolute Gasteiger partial charge is 0.471 e. The molecule has 1 aliphatic heterocycles. The minimum atomic E-state index is -4.88. The van der Waals surface area contributed by atoms with Crippen LogP contribution in [0, 0.1) is 5.92 Å². The number of hydrogen-bond donors (Lipinski definition) is 0. The molecule has 0 aromatic rings. The van der Waals surface area contributed by atoms with Crippen molar-refractivity contribution in [3.63, 3.8) is 0 Å². The lowest BCUT2D eigenvalue weighted by Gasteiger charge is -2.31. The van der Waals surface area contributed by atoms with Gasteiger partial charge in [-0.1, -0.05) is 19.8 Å². The Bertz CT molecular complexity index is 344. The lowest BCUT2D eigenvalue weighted by molar-refractivity contribution is -0.188. The third-order valence-corrected chi connectivity index (χ3v) is 3.28. The van der Waals surface area contributed by atoms with Gasteiger partial charge in [0.2, 0.25) is 0 Å². The van der Waals surface area contributed by atoms with E-state index in [0.717, 1.165) is 19.3 Å². The Balaban J connectivity index is 2.44. The third-order valence-electron chi connectivity index (χ3n) is 3.28. The van der Waals surface area contributed by atoms with Crippen molar-refractivity contribution < 1.29 is 27.5 Å². The Morgan fingerprint density at radius 3 is 2.60 bits per heavy atom. The summed E-state index contributed by atoms with van der Waals surface area (Å²) in [6.07, 6.45) is -1.34. The zero-order valence-electron chi connectivity index (χ0n) is 11.5. The number of ether oxygens (including phenoxy) is 1. The van der Waals surface area contributed by atoms with Crippen LogP contribution < -0.4 is 0 Å². The average molecular weight is 295 g/mol. The van der Waals surface area contributed by atoms with Gasteiger partial charge >= 0.3 is 18.1 Å². The molecule has 0 spiro atoms. The van der Waals surface area contributed by atoms with E-state index in [1.165, 1.54) is 0 Å². The van der Waals surface area contributed by atoms with Crippen LogP contribution in [0.5, 0.6) is 0 Å². The van der Waals surface area contributed by atoms with Gasteiger partial charge in [0.25, 0.3) is 0 Å². The molecule has 1 amide bonds. The van der Waals surface area contributed by atoms with Crippen molar-refractivity contribution in [2.45, 2.75) is 45.2 Å². The van der Waals surface area contributed by atoms with Gasteiger partial charge in [0.15, 0.2) is 0 Å². The fourth-order valence-corrected chi connectivity index (χ4v) is 2.18. The highest BCUT2D eigenvalue weighted by Crippen LogP contribution is 2.24. The molecular weight excluding hydrogens is 275 g/mol. The maximum Gasteiger partial charge on any atom is 0.471 e. The van der Waals surface area contributed by atoms with Crippen LogP contribution in [0.15, 0.2) is 0 Å². The molecule has 1 rings (SSSR count). The summed E-state index contributed by atoms with van der Waals surface area (Å²) in [5.41, 5.74) is 0. The minimum absolute atomic E-state index is 0.0396. The molecule has 1 heterocycles. The molecule has 0 aromatic heterocycles. The second-order valence-electron chi connectivity index (χ2n) is 4.96. The Morgan fingerprint density at radius 2 is 2.00 bits per heavy atom. The topological polar surface area (TPSA) is 46.6 Å². The van der Waals surface area contributed by atoms with Crippen LogP contribution in [0.3, 0.4) is 0 Å². The SMILES string of the molecule is CCCCCOC(=O)[C@H]1CCCN(C(=O)C(F)(F)F)C1. The van der Waals surface area contributed by atoms with Crippen molar-refractivity contribution in [3.05, 3.63) is 0 Å². The molecule has 1 aliphatic rings. The number of unbranched alkanes of at least 4 members (excludes halogenated alkanes) is 2. The quantitative estimate of drug-likeness (QED) is 0.578. The van der Waals surface area contributed by atoms with Crippen LogP contribution in [-0.4, -0.2) is 42.6 Å². The summed E-state index contributed by atoms with van der Waals surface area (Å²) >= 11 is 0. The van der Waals surface area contributed by atoms with Gasteiger partial charge in [-0.3, -0.25) is 9.59 Å². The summed E-state index contributed by atoms with van der Waals surface area (Å²) in [7, 11) is 0. The van der Waals surface area contributed by atoms with E-state index >= 15 is 0 Å². The van der Waals surface area contributed by atoms with Crippen LogP contribution in [0.2, 0.25) is 0 Å². The molecule has 0 N–H and O–H groups in total. The molecule has 0 bridgehead atoms. The highest BCUT2D eigenvalue weighted by Gasteiger charge is 2.44. The number of halogens is 3. The van der Waals surface area contributed by atoms with Gasteiger partial charge in [-0.05, 0) is 19.3 Å². The molecule has 1 fully saturated rings. The Kier molecular flexibility index (Phi) is 6.29. The molecule has 0 aliphatic carbocycles. The fourth-order valence-electron chi connectivity index (χ4n) is 2.18. The fraction of sp³-hybridized carbons (Fsp3) is 0.846. The second kappa shape index (κ2) is 7.50. The molecule has 0 radical (unpaired) electrons. The number of nitrogens with zero attached hydrogens (tertiary/aromatic N) is 1. The summed E-state index contributed by atoms with van der Waals surface area (Å²) in [5.74, 6) is -3.02. The number of likely N-dealkylation sites (tertiary alicyclic amines) is 1. The van der Waals surface area contributed by atoms with Gasteiger partial charge in [-0.25, -0.2) is 0 Å². The van der Waals surface area contributed by atoms with Gasteiger partial charge in [0, 0.05) is 13.1 Å². The Morgan fingerprint density at radius 1 is 1.30 bits per heavy atom. The van der Waals surface area contributed by atoms with Crippen LogP contribution >= 0.6 is 0 Å². The standard InChI is InChI=1S/C13H20F3NO3/c1-2-3-4-8-20-11(18)10-6-5-7-17(9-10)12(19)13(14,15)16/h10H,2-9H2,1H3/t10-/m0/s1. The van der Waals surface area contributed by atoms with Crippen molar-refractivity contribution in [2.75, 3.05) is 19.7 Å². The van der Waals surface area contributed by atoms with Gasteiger partial charge in [0.05, 0.1) is 12.5 Å². The van der Waals surface area contributed by atoms with E-state index in [2.05, 4.69) is 0 Å². The lowest BCUT2D eigenvalue weighted by atomic mass is 9.98. The zero-order chi connectivity index (χ0) is 15.2. The number of carbonyl (C=O) groups excluding carboxylic acids is 2. The van der Waals surface area contributed by atoms with E-state index in [1.807, 2.05) is 6.92 Å². The highest BCUT2D eigenvalue weighted by molar-refractivity contribution is 5.83. The smallest absolute Gasteiger partial charge is 0.465 e. The second-order valence-corrected chi connectivity index (χ2v) is 4.96. The van der Waals surface area contributed by atoms with E-state index in [9.17, 15) is 22.8 Å². The summed E-state index contributed by atoms with van der Waals surface area (Å²) < 4.78 is 42.1. The van der Waals surface area contributed by atoms with E-state index in [-0.39, 0.29) is 19.7 Å².